The topological polar surface area (TPSA) is 92.6 Å². The minimum absolute atomic E-state index is 0.0599. The Balaban J connectivity index is 2.02. The van der Waals surface area contributed by atoms with Gasteiger partial charge in [0.05, 0.1) is 16.4 Å². The number of carbonyl (C=O) groups excluding carboxylic acids is 2. The van der Waals surface area contributed by atoms with Gasteiger partial charge in [0.15, 0.2) is 0 Å². The predicted molar refractivity (Wildman–Crippen MR) is 103 cm³/mol. The molecule has 8 heteroatoms. The predicted octanol–water partition coefficient (Wildman–Crippen LogP) is 2.67. The van der Waals surface area contributed by atoms with Crippen molar-refractivity contribution in [2.24, 2.45) is 5.92 Å². The van der Waals surface area contributed by atoms with Gasteiger partial charge >= 0.3 is 0 Å². The maximum absolute atomic E-state index is 12.5. The van der Waals surface area contributed by atoms with Crippen molar-refractivity contribution in [3.63, 3.8) is 0 Å². The average Bonchev–Trinajstić information content (AvgIpc) is 3.09. The second-order valence-electron chi connectivity index (χ2n) is 6.45. The molecule has 0 unspecified atom stereocenters. The number of para-hydroxylation sites is 1. The SMILES string of the molecule is CC(C)CCNC(=O)[C@H]1CSCN1C(=O)/C=C/c1ccccc1[N+](=O)[O-]. The van der Waals surface area contributed by atoms with E-state index in [4.69, 9.17) is 0 Å². The van der Waals surface area contributed by atoms with Crippen LogP contribution in [-0.4, -0.2) is 45.9 Å². The molecule has 1 atom stereocenters. The van der Waals surface area contributed by atoms with Crippen molar-refractivity contribution in [1.82, 2.24) is 10.2 Å². The van der Waals surface area contributed by atoms with Gasteiger partial charge in [-0.05, 0) is 24.5 Å². The zero-order valence-electron chi connectivity index (χ0n) is 14.9. The van der Waals surface area contributed by atoms with Crippen LogP contribution in [0.4, 0.5) is 5.69 Å². The molecule has 1 heterocycles. The number of rotatable bonds is 7. The van der Waals surface area contributed by atoms with Gasteiger partial charge in [-0.15, -0.1) is 11.8 Å². The molecule has 1 aromatic rings. The van der Waals surface area contributed by atoms with Crippen molar-refractivity contribution in [3.8, 4) is 0 Å². The summed E-state index contributed by atoms with van der Waals surface area (Å²) in [6, 6.07) is 5.72. The van der Waals surface area contributed by atoms with Crippen LogP contribution in [-0.2, 0) is 9.59 Å². The van der Waals surface area contributed by atoms with Crippen LogP contribution in [0.1, 0.15) is 25.8 Å². The number of carbonyl (C=O) groups is 2. The molecular formula is C18H23N3O4S. The van der Waals surface area contributed by atoms with Gasteiger partial charge in [0.1, 0.15) is 6.04 Å². The molecule has 1 aliphatic rings. The summed E-state index contributed by atoms with van der Waals surface area (Å²) in [5.74, 6) is 1.01. The van der Waals surface area contributed by atoms with Gasteiger partial charge < -0.3 is 10.2 Å². The first-order chi connectivity index (χ1) is 12.4. The fourth-order valence-corrected chi connectivity index (χ4v) is 3.69. The Morgan fingerprint density at radius 2 is 2.15 bits per heavy atom. The van der Waals surface area contributed by atoms with Gasteiger partial charge in [0.25, 0.3) is 5.69 Å². The van der Waals surface area contributed by atoms with E-state index in [1.54, 1.807) is 18.2 Å². The van der Waals surface area contributed by atoms with Crippen molar-refractivity contribution in [3.05, 3.63) is 46.0 Å². The van der Waals surface area contributed by atoms with Crippen LogP contribution in [0.2, 0.25) is 0 Å². The lowest BCUT2D eigenvalue weighted by Crippen LogP contribution is -2.47. The van der Waals surface area contributed by atoms with Gasteiger partial charge in [-0.3, -0.25) is 19.7 Å². The Bertz CT molecular complexity index is 705. The maximum Gasteiger partial charge on any atom is 0.276 e. The summed E-state index contributed by atoms with van der Waals surface area (Å²) in [4.78, 5) is 36.8. The first-order valence-corrected chi connectivity index (χ1v) is 9.63. The number of amides is 2. The van der Waals surface area contributed by atoms with Crippen molar-refractivity contribution < 1.29 is 14.5 Å². The molecule has 0 spiro atoms. The molecule has 0 aliphatic carbocycles. The van der Waals surface area contributed by atoms with Crippen LogP contribution in [0, 0.1) is 16.0 Å². The molecule has 1 saturated heterocycles. The Labute approximate surface area is 157 Å². The molecule has 0 radical (unpaired) electrons. The molecule has 1 N–H and O–H groups in total. The molecule has 2 amide bonds. The zero-order chi connectivity index (χ0) is 19.1. The zero-order valence-corrected chi connectivity index (χ0v) is 15.7. The fourth-order valence-electron chi connectivity index (χ4n) is 2.53. The summed E-state index contributed by atoms with van der Waals surface area (Å²) < 4.78 is 0. The summed E-state index contributed by atoms with van der Waals surface area (Å²) >= 11 is 1.52. The van der Waals surface area contributed by atoms with Gasteiger partial charge in [-0.25, -0.2) is 0 Å². The Hall–Kier alpha value is -2.35. The molecule has 2 rings (SSSR count). The van der Waals surface area contributed by atoms with E-state index < -0.39 is 11.0 Å². The molecule has 1 aromatic carbocycles. The summed E-state index contributed by atoms with van der Waals surface area (Å²) in [5.41, 5.74) is 0.297. The van der Waals surface area contributed by atoms with Crippen LogP contribution >= 0.6 is 11.8 Å². The van der Waals surface area contributed by atoms with Crippen molar-refractivity contribution in [1.29, 1.82) is 0 Å². The molecule has 140 valence electrons. The Morgan fingerprint density at radius 1 is 1.42 bits per heavy atom. The lowest BCUT2D eigenvalue weighted by molar-refractivity contribution is -0.385. The highest BCUT2D eigenvalue weighted by molar-refractivity contribution is 7.99. The van der Waals surface area contributed by atoms with Crippen molar-refractivity contribution >= 4 is 35.3 Å². The van der Waals surface area contributed by atoms with Crippen LogP contribution in [0.25, 0.3) is 6.08 Å². The summed E-state index contributed by atoms with van der Waals surface area (Å²) in [5, 5.41) is 13.9. The quantitative estimate of drug-likeness (QED) is 0.448. The minimum Gasteiger partial charge on any atom is -0.354 e. The maximum atomic E-state index is 12.5. The van der Waals surface area contributed by atoms with Crippen molar-refractivity contribution in [2.75, 3.05) is 18.2 Å². The van der Waals surface area contributed by atoms with E-state index in [1.165, 1.54) is 34.9 Å². The number of nitro groups is 1. The van der Waals surface area contributed by atoms with E-state index in [-0.39, 0.29) is 17.5 Å². The van der Waals surface area contributed by atoms with E-state index in [0.717, 1.165) is 6.42 Å². The third-order valence-electron chi connectivity index (χ3n) is 4.03. The molecule has 0 saturated carbocycles. The van der Waals surface area contributed by atoms with E-state index in [2.05, 4.69) is 19.2 Å². The summed E-state index contributed by atoms with van der Waals surface area (Å²) in [6.45, 7) is 4.76. The smallest absolute Gasteiger partial charge is 0.276 e. The molecule has 7 nitrogen and oxygen atoms in total. The van der Waals surface area contributed by atoms with Crippen LogP contribution in [0.3, 0.4) is 0 Å². The molecule has 1 fully saturated rings. The molecule has 26 heavy (non-hydrogen) atoms. The highest BCUT2D eigenvalue weighted by Gasteiger charge is 2.33. The van der Waals surface area contributed by atoms with Crippen LogP contribution in [0.5, 0.6) is 0 Å². The monoisotopic (exact) mass is 377 g/mol. The number of nitrogens with zero attached hydrogens (tertiary/aromatic N) is 2. The highest BCUT2D eigenvalue weighted by atomic mass is 32.2. The third kappa shape index (κ3) is 5.32. The Kier molecular flexibility index (Phi) is 7.20. The number of hydrogen-bond donors (Lipinski definition) is 1. The number of nitrogens with one attached hydrogen (secondary N) is 1. The average molecular weight is 377 g/mol. The molecule has 0 aromatic heterocycles. The van der Waals surface area contributed by atoms with E-state index in [0.29, 0.717) is 29.7 Å². The lowest BCUT2D eigenvalue weighted by Gasteiger charge is -2.22. The fraction of sp³-hybridized carbons (Fsp3) is 0.444. The van der Waals surface area contributed by atoms with E-state index in [1.807, 2.05) is 0 Å². The van der Waals surface area contributed by atoms with Gasteiger partial charge in [0, 0.05) is 24.4 Å². The van der Waals surface area contributed by atoms with E-state index in [9.17, 15) is 19.7 Å². The minimum atomic E-state index is -0.505. The number of thioether (sulfide) groups is 1. The second kappa shape index (κ2) is 9.38. The van der Waals surface area contributed by atoms with E-state index >= 15 is 0 Å². The Morgan fingerprint density at radius 3 is 2.85 bits per heavy atom. The molecule has 0 bridgehead atoms. The van der Waals surface area contributed by atoms with Gasteiger partial charge in [0.2, 0.25) is 11.8 Å². The largest absolute Gasteiger partial charge is 0.354 e. The number of benzene rings is 1. The lowest BCUT2D eigenvalue weighted by atomic mass is 10.1. The number of hydrogen-bond acceptors (Lipinski definition) is 5. The first kappa shape index (κ1) is 20.0. The van der Waals surface area contributed by atoms with Crippen molar-refractivity contribution in [2.45, 2.75) is 26.3 Å². The normalized spacial score (nSPS) is 17.0. The second-order valence-corrected chi connectivity index (χ2v) is 7.45. The standard InChI is InChI=1S/C18H23N3O4S/c1-13(2)9-10-19-18(23)16-11-26-12-20(16)17(22)8-7-14-5-3-4-6-15(14)21(24)25/h3-8,13,16H,9-12H2,1-2H3,(H,19,23)/b8-7+/t16-/m1/s1. The highest BCUT2D eigenvalue weighted by Crippen LogP contribution is 2.23. The first-order valence-electron chi connectivity index (χ1n) is 8.47. The third-order valence-corrected chi connectivity index (χ3v) is 5.04. The van der Waals surface area contributed by atoms with Crippen LogP contribution in [0.15, 0.2) is 30.3 Å². The van der Waals surface area contributed by atoms with Crippen LogP contribution < -0.4 is 5.32 Å². The van der Waals surface area contributed by atoms with Gasteiger partial charge in [-0.1, -0.05) is 26.0 Å². The molecule has 1 aliphatic heterocycles. The number of nitro benzene ring substituents is 1. The summed E-state index contributed by atoms with van der Waals surface area (Å²) in [7, 11) is 0. The van der Waals surface area contributed by atoms with Gasteiger partial charge in [-0.2, -0.15) is 0 Å². The molecular weight excluding hydrogens is 354 g/mol. The summed E-state index contributed by atoms with van der Waals surface area (Å²) in [6.07, 6.45) is 3.61.